The van der Waals surface area contributed by atoms with Crippen molar-refractivity contribution in [1.82, 2.24) is 5.32 Å². The molecule has 4 heteroatoms. The SMILES string of the molecule is CC1CC(OCCC(C)(NC2CC2)C(N)=O)CC(C)(C)C1. The van der Waals surface area contributed by atoms with Crippen LogP contribution in [0.1, 0.15) is 66.2 Å². The second-order valence-corrected chi connectivity index (χ2v) is 8.27. The van der Waals surface area contributed by atoms with Crippen LogP contribution in [0.5, 0.6) is 0 Å². The van der Waals surface area contributed by atoms with Crippen molar-refractivity contribution in [1.29, 1.82) is 0 Å². The molecule has 0 heterocycles. The lowest BCUT2D eigenvalue weighted by molar-refractivity contribution is -0.125. The number of rotatable bonds is 7. The van der Waals surface area contributed by atoms with Crippen molar-refractivity contribution in [3.05, 3.63) is 0 Å². The Morgan fingerprint density at radius 2 is 2.05 bits per heavy atom. The molecule has 0 aromatic heterocycles. The van der Waals surface area contributed by atoms with E-state index in [2.05, 4.69) is 26.1 Å². The molecule has 3 atom stereocenters. The van der Waals surface area contributed by atoms with E-state index in [1.807, 2.05) is 6.92 Å². The number of ether oxygens (including phenoxy) is 1. The third kappa shape index (κ3) is 4.96. The lowest BCUT2D eigenvalue weighted by Crippen LogP contribution is -2.54. The summed E-state index contributed by atoms with van der Waals surface area (Å²) in [5, 5.41) is 3.37. The zero-order valence-corrected chi connectivity index (χ0v) is 14.1. The summed E-state index contributed by atoms with van der Waals surface area (Å²) in [6, 6.07) is 0.469. The summed E-state index contributed by atoms with van der Waals surface area (Å²) < 4.78 is 6.09. The van der Waals surface area contributed by atoms with Crippen molar-refractivity contribution in [3.63, 3.8) is 0 Å². The van der Waals surface area contributed by atoms with E-state index >= 15 is 0 Å². The Kier molecular flexibility index (Phi) is 4.99. The predicted molar refractivity (Wildman–Crippen MR) is 84.9 cm³/mol. The molecule has 122 valence electrons. The Bertz CT molecular complexity index is 379. The van der Waals surface area contributed by atoms with Gasteiger partial charge in [-0.25, -0.2) is 0 Å². The predicted octanol–water partition coefficient (Wildman–Crippen LogP) is 2.60. The van der Waals surface area contributed by atoms with Gasteiger partial charge in [0.05, 0.1) is 11.6 Å². The molecule has 4 nitrogen and oxygen atoms in total. The molecule has 2 aliphatic carbocycles. The van der Waals surface area contributed by atoms with Crippen LogP contribution in [-0.2, 0) is 9.53 Å². The lowest BCUT2D eigenvalue weighted by atomic mass is 9.71. The number of nitrogens with one attached hydrogen (secondary N) is 1. The Labute approximate surface area is 129 Å². The molecule has 0 aromatic rings. The van der Waals surface area contributed by atoms with Gasteiger partial charge in [-0.05, 0) is 56.8 Å². The molecule has 2 rings (SSSR count). The molecule has 0 aromatic carbocycles. The quantitative estimate of drug-likeness (QED) is 0.759. The summed E-state index contributed by atoms with van der Waals surface area (Å²) >= 11 is 0. The van der Waals surface area contributed by atoms with Gasteiger partial charge in [0, 0.05) is 12.6 Å². The molecule has 0 spiro atoms. The van der Waals surface area contributed by atoms with Crippen molar-refractivity contribution in [2.24, 2.45) is 17.1 Å². The van der Waals surface area contributed by atoms with Crippen LogP contribution < -0.4 is 11.1 Å². The van der Waals surface area contributed by atoms with Crippen LogP contribution in [-0.4, -0.2) is 30.2 Å². The minimum Gasteiger partial charge on any atom is -0.378 e. The van der Waals surface area contributed by atoms with Gasteiger partial charge in [0.2, 0.25) is 5.91 Å². The second kappa shape index (κ2) is 6.25. The highest BCUT2D eigenvalue weighted by atomic mass is 16.5. The van der Waals surface area contributed by atoms with E-state index in [0.717, 1.165) is 25.7 Å². The van der Waals surface area contributed by atoms with Gasteiger partial charge in [0.15, 0.2) is 0 Å². The highest BCUT2D eigenvalue weighted by Gasteiger charge is 2.37. The molecule has 0 bridgehead atoms. The van der Waals surface area contributed by atoms with Crippen LogP contribution in [0.4, 0.5) is 0 Å². The first-order valence-electron chi connectivity index (χ1n) is 8.39. The van der Waals surface area contributed by atoms with Gasteiger partial charge < -0.3 is 15.8 Å². The zero-order valence-electron chi connectivity index (χ0n) is 14.1. The third-order valence-electron chi connectivity index (χ3n) is 4.95. The highest BCUT2D eigenvalue weighted by molar-refractivity contribution is 5.84. The number of hydrogen-bond donors (Lipinski definition) is 2. The first-order chi connectivity index (χ1) is 9.70. The molecule has 21 heavy (non-hydrogen) atoms. The van der Waals surface area contributed by atoms with Gasteiger partial charge in [-0.3, -0.25) is 4.79 Å². The van der Waals surface area contributed by atoms with Crippen molar-refractivity contribution in [2.45, 2.75) is 83.9 Å². The third-order valence-corrected chi connectivity index (χ3v) is 4.95. The Morgan fingerprint density at radius 3 is 2.57 bits per heavy atom. The van der Waals surface area contributed by atoms with Crippen molar-refractivity contribution >= 4 is 5.91 Å². The van der Waals surface area contributed by atoms with Crippen molar-refractivity contribution in [3.8, 4) is 0 Å². The maximum atomic E-state index is 11.7. The molecule has 2 saturated carbocycles. The van der Waals surface area contributed by atoms with Crippen molar-refractivity contribution in [2.75, 3.05) is 6.61 Å². The van der Waals surface area contributed by atoms with Crippen LogP contribution >= 0.6 is 0 Å². The van der Waals surface area contributed by atoms with Gasteiger partial charge in [-0.2, -0.15) is 0 Å². The lowest BCUT2D eigenvalue weighted by Gasteiger charge is -2.39. The minimum absolute atomic E-state index is 0.268. The number of carbonyl (C=O) groups is 1. The molecular weight excluding hydrogens is 264 g/mol. The van der Waals surface area contributed by atoms with Gasteiger partial charge >= 0.3 is 0 Å². The standard InChI is InChI=1S/C17H32N2O2/c1-12-9-14(11-16(2,3)10-12)21-8-7-17(4,15(18)20)19-13-5-6-13/h12-14,19H,5-11H2,1-4H3,(H2,18,20). The van der Waals surface area contributed by atoms with Gasteiger partial charge in [0.1, 0.15) is 0 Å². The molecule has 2 fully saturated rings. The first-order valence-corrected chi connectivity index (χ1v) is 8.39. The zero-order chi connectivity index (χ0) is 15.7. The smallest absolute Gasteiger partial charge is 0.237 e. The van der Waals surface area contributed by atoms with Gasteiger partial charge in [-0.15, -0.1) is 0 Å². The Morgan fingerprint density at radius 1 is 1.38 bits per heavy atom. The van der Waals surface area contributed by atoms with E-state index < -0.39 is 5.54 Å². The van der Waals surface area contributed by atoms with E-state index in [1.165, 1.54) is 6.42 Å². The summed E-state index contributed by atoms with van der Waals surface area (Å²) in [4.78, 5) is 11.7. The number of carbonyl (C=O) groups excluding carboxylic acids is 1. The maximum absolute atomic E-state index is 11.7. The van der Waals surface area contributed by atoms with Crippen molar-refractivity contribution < 1.29 is 9.53 Å². The molecule has 0 aliphatic heterocycles. The van der Waals surface area contributed by atoms with Crippen LogP contribution in [0, 0.1) is 11.3 Å². The minimum atomic E-state index is -0.628. The van der Waals surface area contributed by atoms with Crippen LogP contribution in [0.25, 0.3) is 0 Å². The van der Waals surface area contributed by atoms with Crippen LogP contribution in [0.15, 0.2) is 0 Å². The number of amides is 1. The topological polar surface area (TPSA) is 64.3 Å². The summed E-state index contributed by atoms with van der Waals surface area (Å²) in [5.41, 5.74) is 5.31. The fourth-order valence-electron chi connectivity index (χ4n) is 3.76. The Hall–Kier alpha value is -0.610. The molecule has 0 radical (unpaired) electrons. The summed E-state index contributed by atoms with van der Waals surface area (Å²) in [5.74, 6) is 0.446. The summed E-state index contributed by atoms with van der Waals surface area (Å²) in [6.07, 6.45) is 6.80. The normalized spacial score (nSPS) is 31.6. The molecule has 3 unspecified atom stereocenters. The molecule has 3 N–H and O–H groups in total. The fraction of sp³-hybridized carbons (Fsp3) is 0.941. The fourth-order valence-corrected chi connectivity index (χ4v) is 3.76. The first kappa shape index (κ1) is 16.8. The van der Waals surface area contributed by atoms with E-state index in [1.54, 1.807) is 0 Å². The van der Waals surface area contributed by atoms with Gasteiger partial charge in [0.25, 0.3) is 0 Å². The Balaban J connectivity index is 1.80. The molecular formula is C17H32N2O2. The summed E-state index contributed by atoms with van der Waals surface area (Å²) in [6.45, 7) is 9.46. The van der Waals surface area contributed by atoms with E-state index in [4.69, 9.17) is 10.5 Å². The monoisotopic (exact) mass is 296 g/mol. The van der Waals surface area contributed by atoms with E-state index in [-0.39, 0.29) is 5.91 Å². The highest BCUT2D eigenvalue weighted by Crippen LogP contribution is 2.39. The van der Waals surface area contributed by atoms with Crippen LogP contribution in [0.3, 0.4) is 0 Å². The number of nitrogens with two attached hydrogens (primary N) is 1. The largest absolute Gasteiger partial charge is 0.378 e. The molecule has 0 saturated heterocycles. The van der Waals surface area contributed by atoms with Gasteiger partial charge in [-0.1, -0.05) is 20.8 Å². The average molecular weight is 296 g/mol. The molecule has 1 amide bonds. The number of hydrogen-bond acceptors (Lipinski definition) is 3. The second-order valence-electron chi connectivity index (χ2n) is 8.27. The maximum Gasteiger partial charge on any atom is 0.237 e. The van der Waals surface area contributed by atoms with E-state index in [9.17, 15) is 4.79 Å². The van der Waals surface area contributed by atoms with E-state index in [0.29, 0.717) is 36.5 Å². The summed E-state index contributed by atoms with van der Waals surface area (Å²) in [7, 11) is 0. The number of primary amides is 1. The average Bonchev–Trinajstić information content (AvgIpc) is 3.09. The van der Waals surface area contributed by atoms with Crippen LogP contribution in [0.2, 0.25) is 0 Å². The molecule has 2 aliphatic rings.